The molecule has 37 heavy (non-hydrogen) atoms. The molecule has 8 heteroatoms. The molecule has 1 aliphatic carbocycles. The van der Waals surface area contributed by atoms with Gasteiger partial charge in [0.15, 0.2) is 11.5 Å². The zero-order valence-electron chi connectivity index (χ0n) is 22.1. The lowest BCUT2D eigenvalue weighted by atomic mass is 9.91. The van der Waals surface area contributed by atoms with Crippen LogP contribution in [-0.4, -0.2) is 68.8 Å². The third-order valence-corrected chi connectivity index (χ3v) is 7.40. The fourth-order valence-corrected chi connectivity index (χ4v) is 5.34. The normalized spacial score (nSPS) is 18.4. The van der Waals surface area contributed by atoms with Crippen LogP contribution in [-0.2, 0) is 0 Å². The zero-order valence-corrected chi connectivity index (χ0v) is 22.1. The van der Waals surface area contributed by atoms with Gasteiger partial charge in [0.1, 0.15) is 11.6 Å². The van der Waals surface area contributed by atoms with E-state index in [1.807, 2.05) is 11.8 Å². The van der Waals surface area contributed by atoms with Crippen LogP contribution in [0.2, 0.25) is 0 Å². The van der Waals surface area contributed by atoms with Crippen LogP contribution in [0.25, 0.3) is 6.08 Å². The first-order valence-electron chi connectivity index (χ1n) is 12.8. The summed E-state index contributed by atoms with van der Waals surface area (Å²) in [6.07, 6.45) is 7.49. The van der Waals surface area contributed by atoms with Crippen molar-refractivity contribution < 1.29 is 27.8 Å². The van der Waals surface area contributed by atoms with Crippen LogP contribution >= 0.6 is 0 Å². The lowest BCUT2D eigenvalue weighted by Crippen LogP contribution is -2.49. The Hall–Kier alpha value is -3.13. The molecule has 1 saturated heterocycles. The van der Waals surface area contributed by atoms with Crippen LogP contribution in [0.15, 0.2) is 35.9 Å². The molecule has 2 aliphatic rings. The molecule has 6 nitrogen and oxygen atoms in total. The van der Waals surface area contributed by atoms with Crippen molar-refractivity contribution in [3.05, 3.63) is 58.7 Å². The van der Waals surface area contributed by atoms with E-state index in [9.17, 15) is 13.6 Å². The van der Waals surface area contributed by atoms with Crippen LogP contribution in [0.5, 0.6) is 17.2 Å². The number of ether oxygens (including phenoxy) is 3. The molecule has 0 radical (unpaired) electrons. The van der Waals surface area contributed by atoms with E-state index in [1.165, 1.54) is 52.7 Å². The average Bonchev–Trinajstić information content (AvgIpc) is 3.30. The third kappa shape index (κ3) is 6.06. The van der Waals surface area contributed by atoms with Gasteiger partial charge >= 0.3 is 0 Å². The van der Waals surface area contributed by atoms with E-state index in [2.05, 4.69) is 4.90 Å². The van der Waals surface area contributed by atoms with Crippen molar-refractivity contribution in [2.75, 3.05) is 41.0 Å². The van der Waals surface area contributed by atoms with E-state index < -0.39 is 11.6 Å². The summed E-state index contributed by atoms with van der Waals surface area (Å²) in [6.45, 7) is 3.78. The molecule has 200 valence electrons. The Bertz CT molecular complexity index is 1120. The fraction of sp³-hybridized carbons (Fsp3) is 0.483. The molecule has 1 amide bonds. The highest BCUT2D eigenvalue weighted by molar-refractivity contribution is 5.96. The minimum Gasteiger partial charge on any atom is -0.493 e. The Morgan fingerprint density at radius 2 is 1.73 bits per heavy atom. The Balaban J connectivity index is 1.64. The number of likely N-dealkylation sites (tertiary alicyclic amines) is 1. The van der Waals surface area contributed by atoms with E-state index in [4.69, 9.17) is 14.2 Å². The van der Waals surface area contributed by atoms with Gasteiger partial charge < -0.3 is 19.1 Å². The predicted molar refractivity (Wildman–Crippen MR) is 139 cm³/mol. The lowest BCUT2D eigenvalue weighted by molar-refractivity contribution is 0.0630. The molecule has 0 unspecified atom stereocenters. The molecule has 0 bridgehead atoms. The van der Waals surface area contributed by atoms with E-state index in [0.29, 0.717) is 41.9 Å². The average molecular weight is 515 g/mol. The SMILES string of the molecule is COc1cc(C(=O)N(C/C(C)=C/c2ccc(F)cc2F)C[C@@H]2CCCN2C2CCC2)cc(OC)c1OC. The number of hydrogen-bond acceptors (Lipinski definition) is 5. The number of benzene rings is 2. The number of amides is 1. The molecule has 1 aliphatic heterocycles. The van der Waals surface area contributed by atoms with E-state index in [0.717, 1.165) is 31.0 Å². The topological polar surface area (TPSA) is 51.2 Å². The summed E-state index contributed by atoms with van der Waals surface area (Å²) in [7, 11) is 4.55. The largest absolute Gasteiger partial charge is 0.493 e. The van der Waals surface area contributed by atoms with Crippen LogP contribution < -0.4 is 14.2 Å². The van der Waals surface area contributed by atoms with E-state index >= 15 is 0 Å². The molecule has 0 aromatic heterocycles. The molecule has 2 aromatic carbocycles. The summed E-state index contributed by atoms with van der Waals surface area (Å²) < 4.78 is 44.0. The first kappa shape index (κ1) is 26.9. The smallest absolute Gasteiger partial charge is 0.254 e. The van der Waals surface area contributed by atoms with Gasteiger partial charge in [0, 0.05) is 42.4 Å². The Kier molecular flexibility index (Phi) is 8.69. The van der Waals surface area contributed by atoms with Crippen molar-refractivity contribution in [3.8, 4) is 17.2 Å². The Morgan fingerprint density at radius 3 is 2.30 bits per heavy atom. The van der Waals surface area contributed by atoms with Crippen LogP contribution in [0.4, 0.5) is 8.78 Å². The molecule has 1 heterocycles. The van der Waals surface area contributed by atoms with E-state index in [1.54, 1.807) is 18.2 Å². The summed E-state index contributed by atoms with van der Waals surface area (Å²) in [4.78, 5) is 18.3. The van der Waals surface area contributed by atoms with Gasteiger partial charge in [-0.3, -0.25) is 9.69 Å². The van der Waals surface area contributed by atoms with Crippen molar-refractivity contribution in [2.24, 2.45) is 0 Å². The van der Waals surface area contributed by atoms with Gasteiger partial charge in [0.2, 0.25) is 5.75 Å². The maximum absolute atomic E-state index is 14.3. The standard InChI is InChI=1S/C29H36F2N2O4/c1-19(13-20-10-11-22(30)16-25(20)31)17-32(18-24-9-6-12-33(24)23-7-5-8-23)29(34)21-14-26(35-2)28(37-4)27(15-21)36-3/h10-11,13-16,23-24H,5-9,12,17-18H2,1-4H3/b19-13+/t24-/m0/s1. The summed E-state index contributed by atoms with van der Waals surface area (Å²) in [5, 5.41) is 0. The Morgan fingerprint density at radius 1 is 1.03 bits per heavy atom. The van der Waals surface area contributed by atoms with Gasteiger partial charge in [-0.2, -0.15) is 0 Å². The summed E-state index contributed by atoms with van der Waals surface area (Å²) in [6, 6.07) is 7.70. The van der Waals surface area contributed by atoms with Crippen LogP contribution in [0, 0.1) is 11.6 Å². The van der Waals surface area contributed by atoms with Crippen LogP contribution in [0.1, 0.15) is 54.9 Å². The van der Waals surface area contributed by atoms with Crippen molar-refractivity contribution in [1.82, 2.24) is 9.80 Å². The maximum Gasteiger partial charge on any atom is 0.254 e. The second-order valence-electron chi connectivity index (χ2n) is 9.87. The molecule has 1 saturated carbocycles. The summed E-state index contributed by atoms with van der Waals surface area (Å²) in [5.74, 6) is -0.196. The van der Waals surface area contributed by atoms with Gasteiger partial charge in [-0.1, -0.05) is 18.1 Å². The highest BCUT2D eigenvalue weighted by atomic mass is 19.1. The fourth-order valence-electron chi connectivity index (χ4n) is 5.34. The van der Waals surface area contributed by atoms with Gasteiger partial charge in [-0.25, -0.2) is 8.78 Å². The highest BCUT2D eigenvalue weighted by Gasteiger charge is 2.35. The molecule has 0 spiro atoms. The van der Waals surface area contributed by atoms with Gasteiger partial charge in [-0.15, -0.1) is 0 Å². The molecule has 2 fully saturated rings. The third-order valence-electron chi connectivity index (χ3n) is 7.40. The highest BCUT2D eigenvalue weighted by Crippen LogP contribution is 2.39. The monoisotopic (exact) mass is 514 g/mol. The second-order valence-corrected chi connectivity index (χ2v) is 9.87. The minimum atomic E-state index is -0.631. The van der Waals surface area contributed by atoms with Crippen molar-refractivity contribution >= 4 is 12.0 Å². The zero-order chi connectivity index (χ0) is 26.5. The van der Waals surface area contributed by atoms with Crippen molar-refractivity contribution in [2.45, 2.75) is 51.1 Å². The van der Waals surface area contributed by atoms with Crippen molar-refractivity contribution in [1.29, 1.82) is 0 Å². The van der Waals surface area contributed by atoms with Crippen LogP contribution in [0.3, 0.4) is 0 Å². The predicted octanol–water partition coefficient (Wildman–Crippen LogP) is 5.55. The molecular formula is C29H36F2N2O4. The number of hydrogen-bond donors (Lipinski definition) is 0. The molecule has 2 aromatic rings. The number of methoxy groups -OCH3 is 3. The quantitative estimate of drug-likeness (QED) is 0.416. The maximum atomic E-state index is 14.3. The minimum absolute atomic E-state index is 0.174. The van der Waals surface area contributed by atoms with E-state index in [-0.39, 0.29) is 17.5 Å². The van der Waals surface area contributed by atoms with Crippen molar-refractivity contribution in [3.63, 3.8) is 0 Å². The molecule has 0 N–H and O–H groups in total. The lowest BCUT2D eigenvalue weighted by Gasteiger charge is -2.40. The second kappa shape index (κ2) is 11.9. The molecule has 1 atom stereocenters. The first-order chi connectivity index (χ1) is 17.8. The van der Waals surface area contributed by atoms with Gasteiger partial charge in [0.25, 0.3) is 5.91 Å². The molecular weight excluding hydrogens is 478 g/mol. The number of halogens is 2. The first-order valence-corrected chi connectivity index (χ1v) is 12.8. The van der Waals surface area contributed by atoms with Gasteiger partial charge in [0.05, 0.1) is 21.3 Å². The number of carbonyl (C=O) groups excluding carboxylic acids is 1. The number of rotatable bonds is 10. The molecule has 4 rings (SSSR count). The summed E-state index contributed by atoms with van der Waals surface area (Å²) >= 11 is 0. The Labute approximate surface area is 217 Å². The summed E-state index contributed by atoms with van der Waals surface area (Å²) in [5.41, 5.74) is 1.50. The number of carbonyl (C=O) groups is 1. The number of nitrogens with zero attached hydrogens (tertiary/aromatic N) is 2. The van der Waals surface area contributed by atoms with Gasteiger partial charge in [-0.05, 0) is 63.4 Å².